The number of aromatic nitrogens is 3. The van der Waals surface area contributed by atoms with Gasteiger partial charge in [0.15, 0.2) is 6.10 Å². The van der Waals surface area contributed by atoms with Gasteiger partial charge in [0.1, 0.15) is 11.3 Å². The average molecular weight is 516 g/mol. The summed E-state index contributed by atoms with van der Waals surface area (Å²) in [5.74, 6) is -0.295. The third-order valence-electron chi connectivity index (χ3n) is 7.01. The minimum absolute atomic E-state index is 0.289. The van der Waals surface area contributed by atoms with Gasteiger partial charge in [-0.2, -0.15) is 0 Å². The summed E-state index contributed by atoms with van der Waals surface area (Å²) < 4.78 is 15.3. The van der Waals surface area contributed by atoms with Crippen LogP contribution in [0, 0.1) is 6.92 Å². The Balaban J connectivity index is 1.84. The maximum absolute atomic E-state index is 13.9. The molecular formula is C30H33N3O5. The van der Waals surface area contributed by atoms with Crippen LogP contribution in [0.5, 0.6) is 5.75 Å². The summed E-state index contributed by atoms with van der Waals surface area (Å²) >= 11 is 0. The zero-order valence-electron chi connectivity index (χ0n) is 22.4. The summed E-state index contributed by atoms with van der Waals surface area (Å²) in [6.07, 6.45) is 4.03. The molecule has 8 heteroatoms. The van der Waals surface area contributed by atoms with E-state index in [2.05, 4.69) is 4.98 Å². The van der Waals surface area contributed by atoms with Gasteiger partial charge in [-0.1, -0.05) is 12.1 Å². The van der Waals surface area contributed by atoms with Crippen molar-refractivity contribution >= 4 is 16.9 Å². The van der Waals surface area contributed by atoms with E-state index in [-0.39, 0.29) is 5.56 Å². The standard InChI is InChI=1S/C30H33N3O5/c1-18-20-10-8-16-37-23(20)12-11-21(18)24-22-13-15-33(17-19-9-6-7-14-31-19)25(22)28(34)32(5)26(24)27(29(35)36)38-30(2,3)4/h6-7,9,11-15,27H,8,10,16-17H2,1-5H3,(H,35,36). The van der Waals surface area contributed by atoms with Gasteiger partial charge < -0.3 is 23.7 Å². The highest BCUT2D eigenvalue weighted by atomic mass is 16.5. The normalized spacial score (nSPS) is 14.2. The van der Waals surface area contributed by atoms with Crippen molar-refractivity contribution < 1.29 is 19.4 Å². The van der Waals surface area contributed by atoms with Gasteiger partial charge in [0, 0.05) is 30.4 Å². The van der Waals surface area contributed by atoms with Gasteiger partial charge in [-0.25, -0.2) is 4.79 Å². The summed E-state index contributed by atoms with van der Waals surface area (Å²) in [5.41, 5.74) is 4.26. The van der Waals surface area contributed by atoms with Gasteiger partial charge in [-0.3, -0.25) is 9.78 Å². The maximum Gasteiger partial charge on any atom is 0.339 e. The van der Waals surface area contributed by atoms with Gasteiger partial charge in [-0.05, 0) is 81.5 Å². The van der Waals surface area contributed by atoms with Gasteiger partial charge in [0.25, 0.3) is 5.56 Å². The average Bonchev–Trinajstić information content (AvgIpc) is 3.29. The van der Waals surface area contributed by atoms with E-state index in [1.54, 1.807) is 13.2 Å². The summed E-state index contributed by atoms with van der Waals surface area (Å²) in [5, 5.41) is 11.0. The van der Waals surface area contributed by atoms with Crippen molar-refractivity contribution in [3.05, 3.63) is 81.7 Å². The predicted molar refractivity (Wildman–Crippen MR) is 146 cm³/mol. The molecule has 0 spiro atoms. The van der Waals surface area contributed by atoms with Crippen molar-refractivity contribution in [3.8, 4) is 16.9 Å². The molecule has 1 unspecified atom stereocenters. The number of nitrogens with zero attached hydrogens (tertiary/aromatic N) is 3. The van der Waals surface area contributed by atoms with E-state index in [1.165, 1.54) is 4.57 Å². The van der Waals surface area contributed by atoms with Crippen LogP contribution in [-0.4, -0.2) is 37.4 Å². The van der Waals surface area contributed by atoms with Crippen LogP contribution in [0.1, 0.15) is 55.8 Å². The van der Waals surface area contributed by atoms with E-state index in [0.717, 1.165) is 41.0 Å². The second kappa shape index (κ2) is 9.76. The molecule has 3 aromatic heterocycles. The topological polar surface area (TPSA) is 95.6 Å². The Morgan fingerprint density at radius 1 is 1.21 bits per heavy atom. The van der Waals surface area contributed by atoms with Crippen molar-refractivity contribution in [1.29, 1.82) is 0 Å². The molecule has 0 aliphatic carbocycles. The summed E-state index contributed by atoms with van der Waals surface area (Å²) in [6.45, 7) is 8.56. The highest BCUT2D eigenvalue weighted by Crippen LogP contribution is 2.41. The van der Waals surface area contributed by atoms with E-state index < -0.39 is 17.7 Å². The van der Waals surface area contributed by atoms with E-state index in [9.17, 15) is 14.7 Å². The Hall–Kier alpha value is -3.91. The Kier molecular flexibility index (Phi) is 6.61. The smallest absolute Gasteiger partial charge is 0.339 e. The van der Waals surface area contributed by atoms with Crippen molar-refractivity contribution in [2.45, 2.75) is 58.8 Å². The first kappa shape index (κ1) is 25.7. The van der Waals surface area contributed by atoms with Crippen LogP contribution in [-0.2, 0) is 29.5 Å². The quantitative estimate of drug-likeness (QED) is 0.387. The molecule has 8 nitrogen and oxygen atoms in total. The van der Waals surface area contributed by atoms with Gasteiger partial charge in [0.05, 0.1) is 30.1 Å². The summed E-state index contributed by atoms with van der Waals surface area (Å²) in [7, 11) is 1.62. The van der Waals surface area contributed by atoms with Crippen molar-refractivity contribution in [3.63, 3.8) is 0 Å². The first-order valence-electron chi connectivity index (χ1n) is 12.8. The molecular weight excluding hydrogens is 482 g/mol. The fourth-order valence-electron chi connectivity index (χ4n) is 5.33. The second-order valence-corrected chi connectivity index (χ2v) is 10.8. The third kappa shape index (κ3) is 4.60. The Morgan fingerprint density at radius 2 is 2.00 bits per heavy atom. The van der Waals surface area contributed by atoms with Gasteiger partial charge in [0.2, 0.25) is 0 Å². The third-order valence-corrected chi connectivity index (χ3v) is 7.01. The van der Waals surface area contributed by atoms with Crippen LogP contribution in [0.3, 0.4) is 0 Å². The molecule has 0 amide bonds. The first-order chi connectivity index (χ1) is 18.1. The molecule has 0 saturated carbocycles. The van der Waals surface area contributed by atoms with Crippen LogP contribution in [0.4, 0.5) is 0 Å². The van der Waals surface area contributed by atoms with Gasteiger partial charge in [-0.15, -0.1) is 0 Å². The summed E-state index contributed by atoms with van der Waals surface area (Å²) in [6, 6.07) is 11.5. The van der Waals surface area contributed by atoms with E-state index in [4.69, 9.17) is 9.47 Å². The van der Waals surface area contributed by atoms with Crippen molar-refractivity contribution in [2.75, 3.05) is 6.61 Å². The monoisotopic (exact) mass is 515 g/mol. The van der Waals surface area contributed by atoms with E-state index in [1.807, 2.05) is 74.9 Å². The van der Waals surface area contributed by atoms with Crippen molar-refractivity contribution in [1.82, 2.24) is 14.1 Å². The molecule has 4 aromatic rings. The molecule has 0 fully saturated rings. The highest BCUT2D eigenvalue weighted by Gasteiger charge is 2.34. The number of ether oxygens (including phenoxy) is 2. The number of fused-ring (bicyclic) bond motifs is 2. The highest BCUT2D eigenvalue weighted by molar-refractivity contribution is 5.99. The zero-order valence-corrected chi connectivity index (χ0v) is 22.4. The minimum Gasteiger partial charge on any atom is -0.493 e. The maximum atomic E-state index is 13.9. The fraction of sp³-hybridized carbons (Fsp3) is 0.367. The molecule has 1 atom stereocenters. The number of hydrogen-bond acceptors (Lipinski definition) is 5. The van der Waals surface area contributed by atoms with Crippen LogP contribution in [0.15, 0.2) is 53.6 Å². The van der Waals surface area contributed by atoms with Crippen LogP contribution >= 0.6 is 0 Å². The van der Waals surface area contributed by atoms with E-state index in [0.29, 0.717) is 35.3 Å². The minimum atomic E-state index is -1.35. The number of benzene rings is 1. The molecule has 1 aliphatic rings. The van der Waals surface area contributed by atoms with Crippen molar-refractivity contribution in [2.24, 2.45) is 7.05 Å². The number of carboxylic acids is 1. The van der Waals surface area contributed by atoms with Crippen LogP contribution in [0.2, 0.25) is 0 Å². The largest absolute Gasteiger partial charge is 0.493 e. The number of pyridine rings is 2. The second-order valence-electron chi connectivity index (χ2n) is 10.8. The summed E-state index contributed by atoms with van der Waals surface area (Å²) in [4.78, 5) is 30.9. The Labute approximate surface area is 221 Å². The molecule has 1 N–H and O–H groups in total. The number of carbonyl (C=O) groups is 1. The SMILES string of the molecule is Cc1c(-c2c(C(OC(C)(C)C)C(=O)O)n(C)c(=O)c3c2ccn3Cc2ccccn2)ccc2c1CCCO2. The predicted octanol–water partition coefficient (Wildman–Crippen LogP) is 5.02. The molecule has 0 radical (unpaired) electrons. The fourth-order valence-corrected chi connectivity index (χ4v) is 5.33. The van der Waals surface area contributed by atoms with Gasteiger partial charge >= 0.3 is 5.97 Å². The molecule has 0 bridgehead atoms. The Morgan fingerprint density at radius 3 is 2.68 bits per heavy atom. The Bertz CT molecular complexity index is 1580. The molecule has 1 aromatic carbocycles. The lowest BCUT2D eigenvalue weighted by Crippen LogP contribution is -2.33. The van der Waals surface area contributed by atoms with Crippen LogP contribution < -0.4 is 10.3 Å². The molecule has 38 heavy (non-hydrogen) atoms. The zero-order chi connectivity index (χ0) is 27.2. The van der Waals surface area contributed by atoms with E-state index >= 15 is 0 Å². The molecule has 0 saturated heterocycles. The molecule has 198 valence electrons. The molecule has 1 aliphatic heterocycles. The lowest BCUT2D eigenvalue weighted by atomic mass is 9.89. The number of hydrogen-bond donors (Lipinski definition) is 1. The lowest BCUT2D eigenvalue weighted by molar-refractivity contribution is -0.161. The molecule has 4 heterocycles. The molecule has 5 rings (SSSR count). The first-order valence-corrected chi connectivity index (χ1v) is 12.8. The van der Waals surface area contributed by atoms with Crippen LogP contribution in [0.25, 0.3) is 22.0 Å². The number of rotatable bonds is 6. The number of aliphatic carboxylic acids is 1. The lowest BCUT2D eigenvalue weighted by Gasteiger charge is -2.29. The number of carboxylic acid groups (broad SMARTS) is 1.